The molecule has 0 N–H and O–H groups in total. The lowest BCUT2D eigenvalue weighted by molar-refractivity contribution is -0.180. The highest BCUT2D eigenvalue weighted by Gasteiger charge is 2.53. The first-order valence-electron chi connectivity index (χ1n) is 9.42. The summed E-state index contributed by atoms with van der Waals surface area (Å²) >= 11 is 0. The first kappa shape index (κ1) is 22.9. The van der Waals surface area contributed by atoms with E-state index in [0.29, 0.717) is 19.6 Å². The molecule has 0 aromatic carbocycles. The molecule has 5 atom stereocenters. The van der Waals surface area contributed by atoms with Crippen LogP contribution in [0.3, 0.4) is 0 Å². The lowest BCUT2D eigenvalue weighted by Gasteiger charge is -2.30. The molecule has 0 aromatic heterocycles. The Hall–Kier alpha value is -1.18. The van der Waals surface area contributed by atoms with Gasteiger partial charge in [-0.3, -0.25) is 0 Å². The summed E-state index contributed by atoms with van der Waals surface area (Å²) in [7, 11) is 0. The van der Waals surface area contributed by atoms with Crippen LogP contribution in [0.5, 0.6) is 0 Å². The maximum Gasteiger partial charge on any atom is 0.340 e. The highest BCUT2D eigenvalue weighted by molar-refractivity contribution is 5.90. The van der Waals surface area contributed by atoms with E-state index in [9.17, 15) is 9.59 Å². The second-order valence-corrected chi connectivity index (χ2v) is 7.36. The zero-order valence-corrected chi connectivity index (χ0v) is 17.1. The number of epoxide rings is 1. The van der Waals surface area contributed by atoms with Crippen molar-refractivity contribution < 1.29 is 33.3 Å². The van der Waals surface area contributed by atoms with Crippen LogP contribution in [0.4, 0.5) is 0 Å². The number of carbonyl (C=O) groups excluding carboxylic acids is 2. The SMILES string of the molecule is CCC(C)OC(=O)C1OC1C(=O)OC(C)OCCOC(C)C(C)(C)CC. The maximum atomic E-state index is 11.9. The molecular formula is C19H34O7. The Kier molecular flexibility index (Phi) is 9.00. The van der Waals surface area contributed by atoms with E-state index in [1.165, 1.54) is 0 Å². The zero-order valence-electron chi connectivity index (χ0n) is 17.1. The van der Waals surface area contributed by atoms with Gasteiger partial charge in [0.1, 0.15) is 0 Å². The van der Waals surface area contributed by atoms with Crippen molar-refractivity contribution in [2.45, 2.75) is 92.0 Å². The first-order valence-corrected chi connectivity index (χ1v) is 9.42. The van der Waals surface area contributed by atoms with Gasteiger partial charge in [-0.25, -0.2) is 9.59 Å². The minimum atomic E-state index is -0.903. The van der Waals surface area contributed by atoms with Crippen LogP contribution in [-0.4, -0.2) is 55.9 Å². The molecule has 0 saturated carbocycles. The van der Waals surface area contributed by atoms with E-state index in [2.05, 4.69) is 20.8 Å². The summed E-state index contributed by atoms with van der Waals surface area (Å²) in [6.07, 6.45) is -0.893. The summed E-state index contributed by atoms with van der Waals surface area (Å²) < 4.78 is 26.5. The summed E-state index contributed by atoms with van der Waals surface area (Å²) in [5.74, 6) is -1.15. The molecular weight excluding hydrogens is 340 g/mol. The van der Waals surface area contributed by atoms with Crippen molar-refractivity contribution in [3.8, 4) is 0 Å². The van der Waals surface area contributed by atoms with Crippen LogP contribution in [0.1, 0.15) is 61.3 Å². The van der Waals surface area contributed by atoms with E-state index >= 15 is 0 Å². The minimum Gasteiger partial charge on any atom is -0.461 e. The Balaban J connectivity index is 2.21. The van der Waals surface area contributed by atoms with Gasteiger partial charge in [-0.15, -0.1) is 0 Å². The van der Waals surface area contributed by atoms with Gasteiger partial charge in [-0.1, -0.05) is 27.7 Å². The van der Waals surface area contributed by atoms with Crippen LogP contribution in [0.15, 0.2) is 0 Å². The Morgan fingerprint density at radius 2 is 1.50 bits per heavy atom. The Labute approximate surface area is 156 Å². The van der Waals surface area contributed by atoms with Crippen molar-refractivity contribution in [3.63, 3.8) is 0 Å². The molecule has 7 nitrogen and oxygen atoms in total. The molecule has 0 aliphatic carbocycles. The van der Waals surface area contributed by atoms with Gasteiger partial charge in [-0.2, -0.15) is 0 Å². The molecule has 1 heterocycles. The summed E-state index contributed by atoms with van der Waals surface area (Å²) in [5.41, 5.74) is 0.0975. The number of esters is 2. The molecule has 1 aliphatic heterocycles. The van der Waals surface area contributed by atoms with E-state index in [4.69, 9.17) is 23.7 Å². The van der Waals surface area contributed by atoms with E-state index < -0.39 is 30.4 Å². The molecule has 1 aliphatic rings. The summed E-state index contributed by atoms with van der Waals surface area (Å²) in [6, 6.07) is 0. The van der Waals surface area contributed by atoms with Crippen LogP contribution in [-0.2, 0) is 33.3 Å². The number of carbonyl (C=O) groups is 2. The number of hydrogen-bond acceptors (Lipinski definition) is 7. The third-order valence-corrected chi connectivity index (χ3v) is 4.95. The van der Waals surface area contributed by atoms with Gasteiger partial charge >= 0.3 is 11.9 Å². The average Bonchev–Trinajstić information content (AvgIpc) is 3.39. The molecule has 0 spiro atoms. The second-order valence-electron chi connectivity index (χ2n) is 7.36. The molecule has 0 amide bonds. The summed E-state index contributed by atoms with van der Waals surface area (Å²) in [4.78, 5) is 23.7. The van der Waals surface area contributed by atoms with Crippen molar-refractivity contribution in [2.24, 2.45) is 5.41 Å². The van der Waals surface area contributed by atoms with Crippen molar-refractivity contribution in [3.05, 3.63) is 0 Å². The second kappa shape index (κ2) is 10.2. The quantitative estimate of drug-likeness (QED) is 0.225. The average molecular weight is 374 g/mol. The summed E-state index contributed by atoms with van der Waals surface area (Å²) in [5, 5.41) is 0. The fourth-order valence-corrected chi connectivity index (χ4v) is 2.04. The molecule has 0 bridgehead atoms. The largest absolute Gasteiger partial charge is 0.461 e. The molecule has 7 heteroatoms. The van der Waals surface area contributed by atoms with Crippen molar-refractivity contribution >= 4 is 11.9 Å². The van der Waals surface area contributed by atoms with Gasteiger partial charge in [0.2, 0.25) is 0 Å². The van der Waals surface area contributed by atoms with Crippen molar-refractivity contribution in [1.82, 2.24) is 0 Å². The third kappa shape index (κ3) is 7.21. The molecule has 152 valence electrons. The van der Waals surface area contributed by atoms with Gasteiger partial charge < -0.3 is 23.7 Å². The fourth-order valence-electron chi connectivity index (χ4n) is 2.04. The van der Waals surface area contributed by atoms with E-state index in [1.807, 2.05) is 13.8 Å². The zero-order chi connectivity index (χ0) is 19.9. The Bertz CT molecular complexity index is 463. The van der Waals surface area contributed by atoms with Crippen LogP contribution >= 0.6 is 0 Å². The van der Waals surface area contributed by atoms with E-state index in [1.54, 1.807) is 13.8 Å². The van der Waals surface area contributed by atoms with Crippen molar-refractivity contribution in [1.29, 1.82) is 0 Å². The van der Waals surface area contributed by atoms with Gasteiger partial charge in [0.05, 0.1) is 25.4 Å². The van der Waals surface area contributed by atoms with E-state index in [-0.39, 0.29) is 17.6 Å². The van der Waals surface area contributed by atoms with Crippen molar-refractivity contribution in [2.75, 3.05) is 13.2 Å². The van der Waals surface area contributed by atoms with E-state index in [0.717, 1.165) is 6.42 Å². The molecule has 1 rings (SSSR count). The minimum absolute atomic E-state index is 0.0975. The molecule has 5 unspecified atom stereocenters. The number of rotatable bonds is 12. The van der Waals surface area contributed by atoms with Gasteiger partial charge in [0, 0.05) is 0 Å². The fraction of sp³-hybridized carbons (Fsp3) is 0.895. The normalized spacial score (nSPS) is 23.0. The predicted molar refractivity (Wildman–Crippen MR) is 95.5 cm³/mol. The van der Waals surface area contributed by atoms with Crippen LogP contribution in [0, 0.1) is 5.41 Å². The standard InChI is InChI=1S/C19H34O7/c1-8-12(3)24-17(20)15-16(26-15)18(21)25-14(5)23-11-10-22-13(4)19(6,7)9-2/h12-16H,8-11H2,1-7H3. The highest BCUT2D eigenvalue weighted by Crippen LogP contribution is 2.27. The highest BCUT2D eigenvalue weighted by atomic mass is 16.7. The Morgan fingerprint density at radius 3 is 2.04 bits per heavy atom. The third-order valence-electron chi connectivity index (χ3n) is 4.95. The smallest absolute Gasteiger partial charge is 0.340 e. The predicted octanol–water partition coefficient (Wildman–Crippen LogP) is 2.84. The van der Waals surface area contributed by atoms with Crippen LogP contribution < -0.4 is 0 Å². The molecule has 1 fully saturated rings. The number of hydrogen-bond donors (Lipinski definition) is 0. The topological polar surface area (TPSA) is 83.6 Å². The molecule has 26 heavy (non-hydrogen) atoms. The van der Waals surface area contributed by atoms with Gasteiger partial charge in [0.15, 0.2) is 18.5 Å². The Morgan fingerprint density at radius 1 is 0.962 bits per heavy atom. The summed E-state index contributed by atoms with van der Waals surface area (Å²) in [6.45, 7) is 14.5. The lowest BCUT2D eigenvalue weighted by atomic mass is 9.85. The van der Waals surface area contributed by atoms with Gasteiger partial charge in [0.25, 0.3) is 0 Å². The first-order chi connectivity index (χ1) is 12.1. The molecule has 0 aromatic rings. The number of ether oxygens (including phenoxy) is 5. The lowest BCUT2D eigenvalue weighted by Crippen LogP contribution is -2.30. The monoisotopic (exact) mass is 374 g/mol. The molecule has 1 saturated heterocycles. The van der Waals surface area contributed by atoms with Crippen LogP contribution in [0.25, 0.3) is 0 Å². The van der Waals surface area contributed by atoms with Gasteiger partial charge in [-0.05, 0) is 39.0 Å². The molecule has 0 radical (unpaired) electrons. The maximum absolute atomic E-state index is 11.9. The van der Waals surface area contributed by atoms with Crippen LogP contribution in [0.2, 0.25) is 0 Å².